The van der Waals surface area contributed by atoms with Crippen LogP contribution in [0.3, 0.4) is 0 Å². The quantitative estimate of drug-likeness (QED) is 0.750. The number of nitrogens with zero attached hydrogens (tertiary/aromatic N) is 4. The molecule has 0 unspecified atom stereocenters. The fourth-order valence-corrected chi connectivity index (χ4v) is 2.02. The van der Waals surface area contributed by atoms with Crippen LogP contribution in [0.2, 0.25) is 0 Å². The Morgan fingerprint density at radius 3 is 2.62 bits per heavy atom. The van der Waals surface area contributed by atoms with Crippen molar-refractivity contribution in [3.63, 3.8) is 0 Å². The van der Waals surface area contributed by atoms with E-state index >= 15 is 0 Å². The van der Waals surface area contributed by atoms with E-state index < -0.39 is 11.6 Å². The summed E-state index contributed by atoms with van der Waals surface area (Å²) in [7, 11) is 0. The van der Waals surface area contributed by atoms with Crippen LogP contribution in [-0.2, 0) is 6.54 Å². The lowest BCUT2D eigenvalue weighted by atomic mass is 10.1. The van der Waals surface area contributed by atoms with Crippen molar-refractivity contribution in [1.29, 1.82) is 0 Å². The van der Waals surface area contributed by atoms with Crippen LogP contribution >= 0.6 is 0 Å². The fourth-order valence-electron chi connectivity index (χ4n) is 2.02. The lowest BCUT2D eigenvalue weighted by molar-refractivity contribution is 0.505. The number of aromatic nitrogens is 4. The molecule has 0 fully saturated rings. The molecule has 0 aliphatic rings. The summed E-state index contributed by atoms with van der Waals surface area (Å²) in [5, 5.41) is 11.4. The Morgan fingerprint density at radius 2 is 1.86 bits per heavy atom. The molecule has 3 rings (SSSR count). The number of hydrogen-bond acceptors (Lipinski definition) is 4. The molecule has 5 nitrogen and oxygen atoms in total. The highest BCUT2D eigenvalue weighted by molar-refractivity contribution is 5.71. The number of nitrogens with two attached hydrogens (primary N) is 1. The second kappa shape index (κ2) is 5.28. The molecule has 2 aromatic carbocycles. The van der Waals surface area contributed by atoms with Crippen molar-refractivity contribution < 1.29 is 8.78 Å². The van der Waals surface area contributed by atoms with E-state index in [1.807, 2.05) is 12.1 Å². The van der Waals surface area contributed by atoms with Crippen LogP contribution in [0.15, 0.2) is 42.5 Å². The number of halogens is 2. The van der Waals surface area contributed by atoms with Crippen molar-refractivity contribution in [3.8, 4) is 11.4 Å². The third-order valence-corrected chi connectivity index (χ3v) is 3.05. The molecule has 21 heavy (non-hydrogen) atoms. The van der Waals surface area contributed by atoms with Crippen molar-refractivity contribution >= 4 is 5.69 Å². The summed E-state index contributed by atoms with van der Waals surface area (Å²) in [6, 6.07) is 10.8. The van der Waals surface area contributed by atoms with Gasteiger partial charge in [-0.05, 0) is 40.3 Å². The third kappa shape index (κ3) is 2.58. The second-order valence-corrected chi connectivity index (χ2v) is 4.50. The average molecular weight is 287 g/mol. The maximum absolute atomic E-state index is 13.2. The SMILES string of the molecule is Nc1ccccc1-c1nnnn1Cc1ccc(F)c(F)c1. The molecule has 0 atom stereocenters. The topological polar surface area (TPSA) is 69.6 Å². The van der Waals surface area contributed by atoms with E-state index in [2.05, 4.69) is 15.5 Å². The fraction of sp³-hybridized carbons (Fsp3) is 0.0714. The maximum Gasteiger partial charge on any atom is 0.184 e. The number of nitrogen functional groups attached to an aromatic ring is 1. The lowest BCUT2D eigenvalue weighted by Gasteiger charge is -2.07. The molecular weight excluding hydrogens is 276 g/mol. The summed E-state index contributed by atoms with van der Waals surface area (Å²) in [6.45, 7) is 0.216. The number of anilines is 1. The van der Waals surface area contributed by atoms with Gasteiger partial charge in [0.25, 0.3) is 0 Å². The Morgan fingerprint density at radius 1 is 1.05 bits per heavy atom. The average Bonchev–Trinajstić information content (AvgIpc) is 2.91. The Labute approximate surface area is 119 Å². The lowest BCUT2D eigenvalue weighted by Crippen LogP contribution is -2.06. The van der Waals surface area contributed by atoms with E-state index in [9.17, 15) is 8.78 Å². The van der Waals surface area contributed by atoms with Crippen LogP contribution < -0.4 is 5.73 Å². The highest BCUT2D eigenvalue weighted by atomic mass is 19.2. The molecule has 0 aliphatic heterocycles. The van der Waals surface area contributed by atoms with Gasteiger partial charge in [0.2, 0.25) is 0 Å². The molecule has 3 aromatic rings. The molecule has 0 saturated carbocycles. The number of rotatable bonds is 3. The normalized spacial score (nSPS) is 10.8. The van der Waals surface area contributed by atoms with Crippen LogP contribution in [0.4, 0.5) is 14.5 Å². The van der Waals surface area contributed by atoms with Crippen molar-refractivity contribution in [1.82, 2.24) is 20.2 Å². The number of hydrogen-bond donors (Lipinski definition) is 1. The standard InChI is InChI=1S/C14H11F2N5/c15-11-6-5-9(7-12(11)16)8-21-14(18-19-20-21)10-3-1-2-4-13(10)17/h1-7H,8,17H2. The van der Waals surface area contributed by atoms with Crippen molar-refractivity contribution in [2.24, 2.45) is 0 Å². The zero-order chi connectivity index (χ0) is 14.8. The summed E-state index contributed by atoms with van der Waals surface area (Å²) >= 11 is 0. The number of para-hydroxylation sites is 1. The first-order valence-electron chi connectivity index (χ1n) is 6.20. The van der Waals surface area contributed by atoms with E-state index in [-0.39, 0.29) is 6.54 Å². The van der Waals surface area contributed by atoms with E-state index in [4.69, 9.17) is 5.73 Å². The van der Waals surface area contributed by atoms with Gasteiger partial charge < -0.3 is 5.73 Å². The minimum absolute atomic E-state index is 0.216. The van der Waals surface area contributed by atoms with E-state index in [1.165, 1.54) is 10.7 Å². The molecule has 0 amide bonds. The summed E-state index contributed by atoms with van der Waals surface area (Å²) in [6.07, 6.45) is 0. The molecule has 0 saturated heterocycles. The molecule has 0 spiro atoms. The minimum Gasteiger partial charge on any atom is -0.398 e. The monoisotopic (exact) mass is 287 g/mol. The van der Waals surface area contributed by atoms with Crippen molar-refractivity contribution in [2.75, 3.05) is 5.73 Å². The highest BCUT2D eigenvalue weighted by Gasteiger charge is 2.12. The van der Waals surface area contributed by atoms with Crippen LogP contribution in [0, 0.1) is 11.6 Å². The second-order valence-electron chi connectivity index (χ2n) is 4.50. The van der Waals surface area contributed by atoms with Gasteiger partial charge in [0.15, 0.2) is 17.5 Å². The van der Waals surface area contributed by atoms with E-state index in [0.29, 0.717) is 22.6 Å². The zero-order valence-electron chi connectivity index (χ0n) is 10.9. The van der Waals surface area contributed by atoms with Crippen LogP contribution in [0.5, 0.6) is 0 Å². The van der Waals surface area contributed by atoms with Gasteiger partial charge in [-0.15, -0.1) is 5.10 Å². The Hall–Kier alpha value is -2.83. The molecule has 0 bridgehead atoms. The summed E-state index contributed by atoms with van der Waals surface area (Å²) < 4.78 is 27.7. The smallest absolute Gasteiger partial charge is 0.184 e. The van der Waals surface area contributed by atoms with Gasteiger partial charge in [0.1, 0.15) is 0 Å². The summed E-state index contributed by atoms with van der Waals surface area (Å²) in [5.41, 5.74) is 7.68. The summed E-state index contributed by atoms with van der Waals surface area (Å²) in [5.74, 6) is -1.32. The molecule has 7 heteroatoms. The van der Waals surface area contributed by atoms with E-state index in [0.717, 1.165) is 12.1 Å². The molecule has 0 aliphatic carbocycles. The predicted molar refractivity (Wildman–Crippen MR) is 73.1 cm³/mol. The first-order valence-corrected chi connectivity index (χ1v) is 6.20. The molecule has 2 N–H and O–H groups in total. The minimum atomic E-state index is -0.902. The number of benzene rings is 2. The van der Waals surface area contributed by atoms with Gasteiger partial charge in [0.05, 0.1) is 6.54 Å². The maximum atomic E-state index is 13.2. The van der Waals surface area contributed by atoms with Crippen molar-refractivity contribution in [2.45, 2.75) is 6.54 Å². The third-order valence-electron chi connectivity index (χ3n) is 3.05. The highest BCUT2D eigenvalue weighted by Crippen LogP contribution is 2.23. The van der Waals surface area contributed by atoms with Gasteiger partial charge in [-0.1, -0.05) is 18.2 Å². The van der Waals surface area contributed by atoms with Gasteiger partial charge in [0, 0.05) is 11.3 Å². The van der Waals surface area contributed by atoms with Crippen LogP contribution in [0.25, 0.3) is 11.4 Å². The van der Waals surface area contributed by atoms with Crippen LogP contribution in [-0.4, -0.2) is 20.2 Å². The van der Waals surface area contributed by atoms with Crippen molar-refractivity contribution in [3.05, 3.63) is 59.7 Å². The zero-order valence-corrected chi connectivity index (χ0v) is 10.9. The van der Waals surface area contributed by atoms with E-state index in [1.54, 1.807) is 12.1 Å². The first-order chi connectivity index (χ1) is 10.1. The van der Waals surface area contributed by atoms with Crippen LogP contribution in [0.1, 0.15) is 5.56 Å². The largest absolute Gasteiger partial charge is 0.398 e. The molecular formula is C14H11F2N5. The Bertz CT molecular complexity index is 785. The molecule has 1 heterocycles. The van der Waals surface area contributed by atoms with Gasteiger partial charge >= 0.3 is 0 Å². The Kier molecular flexibility index (Phi) is 3.31. The molecule has 1 aromatic heterocycles. The molecule has 106 valence electrons. The first kappa shape index (κ1) is 13.2. The van der Waals surface area contributed by atoms with Gasteiger partial charge in [-0.3, -0.25) is 0 Å². The summed E-state index contributed by atoms with van der Waals surface area (Å²) in [4.78, 5) is 0. The number of tetrazole rings is 1. The predicted octanol–water partition coefficient (Wildman–Crippen LogP) is 2.25. The van der Waals surface area contributed by atoms with Gasteiger partial charge in [-0.25, -0.2) is 13.5 Å². The molecule has 0 radical (unpaired) electrons. The van der Waals surface area contributed by atoms with Gasteiger partial charge in [-0.2, -0.15) is 0 Å². The Balaban J connectivity index is 1.96.